The molecule has 1 heterocycles. The number of nitro benzene ring substituents is 1. The number of non-ortho nitro benzene ring substituents is 1. The number of nitrogens with one attached hydrogen (secondary N) is 1. The molecule has 0 unspecified atom stereocenters. The third kappa shape index (κ3) is 7.33. The van der Waals surface area contributed by atoms with Crippen LogP contribution in [0.25, 0.3) is 6.08 Å². The number of carbonyl (C=O) groups excluding carboxylic acids is 3. The molecule has 1 aliphatic rings. The summed E-state index contributed by atoms with van der Waals surface area (Å²) in [5.41, 5.74) is 3.81. The molecule has 1 N–H and O–H groups in total. The van der Waals surface area contributed by atoms with Crippen LogP contribution in [0.3, 0.4) is 0 Å². The lowest BCUT2D eigenvalue weighted by molar-refractivity contribution is -0.384. The first-order valence-corrected chi connectivity index (χ1v) is 14.1. The van der Waals surface area contributed by atoms with Gasteiger partial charge in [-0.15, -0.1) is 0 Å². The Kier molecular flexibility index (Phi) is 9.46. The third-order valence-corrected chi connectivity index (χ3v) is 7.60. The maximum atomic E-state index is 13.0. The van der Waals surface area contributed by atoms with E-state index in [1.807, 2.05) is 26.0 Å². The number of hydrogen-bond acceptors (Lipinski definition) is 8. The fraction of sp³-hybridized carbons (Fsp3) is 0.207. The molecule has 0 saturated carbocycles. The van der Waals surface area contributed by atoms with E-state index >= 15 is 0 Å². The summed E-state index contributed by atoms with van der Waals surface area (Å²) in [7, 11) is 0. The Hall–Kier alpha value is -4.16. The minimum absolute atomic E-state index is 0.0396. The standard InChI is InChI=1S/C29H26BrN3O7S/c1-4-39-24-13-20(12-23(30)27(24)40-16-19-6-5-7-22(11-19)33(37)38)14-25-28(35)32(29(36)41-25)15-26(34)31-21-9-8-17(2)18(3)10-21/h5-14H,4,15-16H2,1-3H3,(H,31,34)/b25-14+. The van der Waals surface area contributed by atoms with Crippen LogP contribution in [0.2, 0.25) is 0 Å². The van der Waals surface area contributed by atoms with Gasteiger partial charge in [-0.05, 0) is 101 Å². The molecule has 41 heavy (non-hydrogen) atoms. The zero-order valence-corrected chi connectivity index (χ0v) is 24.8. The first-order chi connectivity index (χ1) is 19.5. The summed E-state index contributed by atoms with van der Waals surface area (Å²) in [5, 5.41) is 13.3. The summed E-state index contributed by atoms with van der Waals surface area (Å²) in [4.78, 5) is 49.9. The van der Waals surface area contributed by atoms with Crippen LogP contribution in [0.5, 0.6) is 11.5 Å². The Labute approximate surface area is 249 Å². The summed E-state index contributed by atoms with van der Waals surface area (Å²) in [5.74, 6) is -0.295. The number of imide groups is 1. The molecule has 4 rings (SSSR count). The van der Waals surface area contributed by atoms with Gasteiger partial charge in [-0.2, -0.15) is 0 Å². The summed E-state index contributed by atoms with van der Waals surface area (Å²) in [6.45, 7) is 5.67. The smallest absolute Gasteiger partial charge is 0.294 e. The molecule has 1 fully saturated rings. The predicted octanol–water partition coefficient (Wildman–Crippen LogP) is 6.63. The van der Waals surface area contributed by atoms with Gasteiger partial charge < -0.3 is 14.8 Å². The van der Waals surface area contributed by atoms with Crippen LogP contribution >= 0.6 is 27.7 Å². The highest BCUT2D eigenvalue weighted by molar-refractivity contribution is 9.10. The average molecular weight is 641 g/mol. The molecule has 1 aliphatic heterocycles. The molecular weight excluding hydrogens is 614 g/mol. The van der Waals surface area contributed by atoms with E-state index in [9.17, 15) is 24.5 Å². The number of benzene rings is 3. The van der Waals surface area contributed by atoms with Gasteiger partial charge in [0.25, 0.3) is 16.8 Å². The number of hydrogen-bond donors (Lipinski definition) is 1. The van der Waals surface area contributed by atoms with Gasteiger partial charge in [0, 0.05) is 17.8 Å². The molecule has 12 heteroatoms. The largest absolute Gasteiger partial charge is 0.490 e. The van der Waals surface area contributed by atoms with Crippen molar-refractivity contribution in [3.8, 4) is 11.5 Å². The van der Waals surface area contributed by atoms with Crippen molar-refractivity contribution in [3.05, 3.63) is 96.3 Å². The number of amides is 3. The second-order valence-corrected chi connectivity index (χ2v) is 10.9. The lowest BCUT2D eigenvalue weighted by atomic mass is 10.1. The Balaban J connectivity index is 1.49. The second kappa shape index (κ2) is 13.0. The quantitative estimate of drug-likeness (QED) is 0.149. The summed E-state index contributed by atoms with van der Waals surface area (Å²) in [6, 6.07) is 15.0. The first kappa shape index (κ1) is 29.8. The number of nitro groups is 1. The van der Waals surface area contributed by atoms with Gasteiger partial charge in [0.15, 0.2) is 11.5 Å². The van der Waals surface area contributed by atoms with Gasteiger partial charge in [0.05, 0.1) is 20.9 Å². The van der Waals surface area contributed by atoms with Gasteiger partial charge in [0.2, 0.25) is 5.91 Å². The number of aryl methyl sites for hydroxylation is 2. The van der Waals surface area contributed by atoms with Gasteiger partial charge >= 0.3 is 0 Å². The van der Waals surface area contributed by atoms with Crippen LogP contribution < -0.4 is 14.8 Å². The van der Waals surface area contributed by atoms with Crippen molar-refractivity contribution in [2.75, 3.05) is 18.5 Å². The molecule has 0 aliphatic carbocycles. The molecule has 212 valence electrons. The average Bonchev–Trinajstić information content (AvgIpc) is 3.17. The molecule has 0 spiro atoms. The van der Waals surface area contributed by atoms with Crippen molar-refractivity contribution < 1.29 is 28.8 Å². The lowest BCUT2D eigenvalue weighted by Crippen LogP contribution is -2.36. The minimum Gasteiger partial charge on any atom is -0.490 e. The van der Waals surface area contributed by atoms with E-state index in [0.717, 1.165) is 27.8 Å². The van der Waals surface area contributed by atoms with E-state index in [4.69, 9.17) is 9.47 Å². The van der Waals surface area contributed by atoms with Crippen molar-refractivity contribution in [1.29, 1.82) is 0 Å². The molecular formula is C29H26BrN3O7S. The van der Waals surface area contributed by atoms with Crippen molar-refractivity contribution >= 4 is 62.2 Å². The molecule has 0 bridgehead atoms. The molecule has 0 aromatic heterocycles. The van der Waals surface area contributed by atoms with Crippen LogP contribution in [0, 0.1) is 24.0 Å². The number of thioether (sulfide) groups is 1. The molecule has 1 saturated heterocycles. The fourth-order valence-electron chi connectivity index (χ4n) is 3.94. The monoisotopic (exact) mass is 639 g/mol. The highest BCUT2D eigenvalue weighted by Crippen LogP contribution is 2.40. The molecule has 0 atom stereocenters. The lowest BCUT2D eigenvalue weighted by Gasteiger charge is -2.15. The predicted molar refractivity (Wildman–Crippen MR) is 160 cm³/mol. The zero-order chi connectivity index (χ0) is 29.7. The fourth-order valence-corrected chi connectivity index (χ4v) is 5.35. The van der Waals surface area contributed by atoms with Crippen molar-refractivity contribution in [2.45, 2.75) is 27.4 Å². The Bertz CT molecular complexity index is 1570. The second-order valence-electron chi connectivity index (χ2n) is 9.09. The zero-order valence-electron chi connectivity index (χ0n) is 22.4. The first-order valence-electron chi connectivity index (χ1n) is 12.5. The van der Waals surface area contributed by atoms with Crippen molar-refractivity contribution in [3.63, 3.8) is 0 Å². The molecule has 10 nitrogen and oxygen atoms in total. The highest BCUT2D eigenvalue weighted by Gasteiger charge is 2.36. The topological polar surface area (TPSA) is 128 Å². The summed E-state index contributed by atoms with van der Waals surface area (Å²) >= 11 is 4.22. The van der Waals surface area contributed by atoms with Crippen LogP contribution in [0.15, 0.2) is 64.0 Å². The summed E-state index contributed by atoms with van der Waals surface area (Å²) < 4.78 is 12.2. The maximum Gasteiger partial charge on any atom is 0.294 e. The molecule has 3 amide bonds. The number of rotatable bonds is 10. The third-order valence-electron chi connectivity index (χ3n) is 6.10. The number of ether oxygens (including phenoxy) is 2. The van der Waals surface area contributed by atoms with E-state index in [-0.39, 0.29) is 17.2 Å². The van der Waals surface area contributed by atoms with Crippen molar-refractivity contribution in [1.82, 2.24) is 4.90 Å². The SMILES string of the molecule is CCOc1cc(/C=C2/SC(=O)N(CC(=O)Nc3ccc(C)c(C)c3)C2=O)cc(Br)c1OCc1cccc([N+](=O)[O-])c1. The number of anilines is 1. The maximum absolute atomic E-state index is 13.0. The van der Waals surface area contributed by atoms with E-state index in [1.165, 1.54) is 12.1 Å². The highest BCUT2D eigenvalue weighted by atomic mass is 79.9. The molecule has 3 aromatic rings. The van der Waals surface area contributed by atoms with Gasteiger partial charge in [-0.3, -0.25) is 29.4 Å². The Morgan fingerprint density at radius 3 is 2.59 bits per heavy atom. The van der Waals surface area contributed by atoms with Crippen LogP contribution in [0.1, 0.15) is 29.2 Å². The van der Waals surface area contributed by atoms with Gasteiger partial charge in [0.1, 0.15) is 13.2 Å². The van der Waals surface area contributed by atoms with E-state index in [2.05, 4.69) is 21.2 Å². The van der Waals surface area contributed by atoms with E-state index in [1.54, 1.807) is 43.3 Å². The van der Waals surface area contributed by atoms with Crippen molar-refractivity contribution in [2.24, 2.45) is 0 Å². The Morgan fingerprint density at radius 2 is 1.88 bits per heavy atom. The summed E-state index contributed by atoms with van der Waals surface area (Å²) in [6.07, 6.45) is 1.55. The normalized spacial score (nSPS) is 14.0. The minimum atomic E-state index is -0.574. The number of carbonyl (C=O) groups is 3. The van der Waals surface area contributed by atoms with Crippen LogP contribution in [0.4, 0.5) is 16.2 Å². The molecule has 0 radical (unpaired) electrons. The number of halogens is 1. The van der Waals surface area contributed by atoms with Crippen LogP contribution in [-0.2, 0) is 16.2 Å². The Morgan fingerprint density at radius 1 is 1.10 bits per heavy atom. The van der Waals surface area contributed by atoms with Gasteiger partial charge in [-0.1, -0.05) is 18.2 Å². The molecule has 3 aromatic carbocycles. The van der Waals surface area contributed by atoms with Crippen LogP contribution in [-0.4, -0.2) is 40.0 Å². The van der Waals surface area contributed by atoms with E-state index in [0.29, 0.717) is 39.4 Å². The van der Waals surface area contributed by atoms with E-state index < -0.39 is 28.5 Å². The number of nitrogens with zero attached hydrogens (tertiary/aromatic N) is 2. The van der Waals surface area contributed by atoms with Gasteiger partial charge in [-0.25, -0.2) is 0 Å².